The number of aromatic nitrogens is 2. The summed E-state index contributed by atoms with van der Waals surface area (Å²) in [6.45, 7) is 4.58. The second-order valence-electron chi connectivity index (χ2n) is 6.20. The number of nitrogens with zero attached hydrogens (tertiary/aromatic N) is 3. The number of likely N-dealkylation sites (tertiary alicyclic amines) is 1. The van der Waals surface area contributed by atoms with Crippen LogP contribution in [-0.4, -0.2) is 54.4 Å². The molecular weight excluding hydrogens is 322 g/mol. The highest BCUT2D eigenvalue weighted by Gasteiger charge is 2.31. The van der Waals surface area contributed by atoms with Crippen molar-refractivity contribution in [3.8, 4) is 0 Å². The van der Waals surface area contributed by atoms with E-state index in [2.05, 4.69) is 10.1 Å². The third-order valence-electron chi connectivity index (χ3n) is 4.25. The predicted octanol–water partition coefficient (Wildman–Crippen LogP) is 2.17. The molecule has 2 aromatic rings. The maximum absolute atomic E-state index is 12.6. The van der Waals surface area contributed by atoms with Gasteiger partial charge >= 0.3 is 0 Å². The van der Waals surface area contributed by atoms with E-state index < -0.39 is 0 Å². The van der Waals surface area contributed by atoms with Gasteiger partial charge in [0.2, 0.25) is 0 Å². The van der Waals surface area contributed by atoms with E-state index in [1.54, 1.807) is 7.11 Å². The van der Waals surface area contributed by atoms with Crippen molar-refractivity contribution in [2.24, 2.45) is 0 Å². The first-order valence-corrected chi connectivity index (χ1v) is 8.42. The first-order valence-electron chi connectivity index (χ1n) is 8.42. The van der Waals surface area contributed by atoms with Crippen LogP contribution in [0.1, 0.15) is 40.0 Å². The minimum Gasteiger partial charge on any atom is -0.382 e. The van der Waals surface area contributed by atoms with E-state index in [9.17, 15) is 4.79 Å². The molecule has 1 atom stereocenters. The fraction of sp³-hybridized carbons (Fsp3) is 0.500. The van der Waals surface area contributed by atoms with Gasteiger partial charge in [0.25, 0.3) is 11.8 Å². The number of hydrogen-bond acceptors (Lipinski definition) is 6. The number of carbonyl (C=O) groups is 1. The SMILES string of the molecule is COCCOCc1nc(C2CCN(C(=O)c3cccc(C)c3)C2)no1. The Labute approximate surface area is 146 Å². The van der Waals surface area contributed by atoms with Crippen LogP contribution in [0.2, 0.25) is 0 Å². The van der Waals surface area contributed by atoms with Gasteiger partial charge in [0, 0.05) is 31.7 Å². The second-order valence-corrected chi connectivity index (χ2v) is 6.20. The number of carbonyl (C=O) groups excluding carboxylic acids is 1. The van der Waals surface area contributed by atoms with Crippen molar-refractivity contribution in [1.82, 2.24) is 15.0 Å². The van der Waals surface area contributed by atoms with Crippen molar-refractivity contribution in [2.45, 2.75) is 25.9 Å². The van der Waals surface area contributed by atoms with Gasteiger partial charge in [-0.2, -0.15) is 4.98 Å². The average molecular weight is 345 g/mol. The van der Waals surface area contributed by atoms with Crippen LogP contribution in [-0.2, 0) is 16.1 Å². The van der Waals surface area contributed by atoms with Crippen molar-refractivity contribution in [3.63, 3.8) is 0 Å². The molecule has 0 spiro atoms. The molecular formula is C18H23N3O4. The van der Waals surface area contributed by atoms with Gasteiger partial charge in [-0.1, -0.05) is 22.9 Å². The molecule has 1 aromatic carbocycles. The summed E-state index contributed by atoms with van der Waals surface area (Å²) in [5, 5.41) is 4.04. The van der Waals surface area contributed by atoms with Gasteiger partial charge < -0.3 is 18.9 Å². The van der Waals surface area contributed by atoms with Gasteiger partial charge in [0.1, 0.15) is 6.61 Å². The topological polar surface area (TPSA) is 77.7 Å². The number of rotatable bonds is 7. The Hall–Kier alpha value is -2.25. The smallest absolute Gasteiger partial charge is 0.253 e. The molecule has 1 amide bonds. The molecule has 1 aliphatic rings. The van der Waals surface area contributed by atoms with Crippen molar-refractivity contribution in [3.05, 3.63) is 47.1 Å². The van der Waals surface area contributed by atoms with Crippen LogP contribution in [0.5, 0.6) is 0 Å². The Morgan fingerprint density at radius 2 is 2.28 bits per heavy atom. The fourth-order valence-electron chi connectivity index (χ4n) is 2.91. The quantitative estimate of drug-likeness (QED) is 0.716. The second kappa shape index (κ2) is 8.22. The summed E-state index contributed by atoms with van der Waals surface area (Å²) in [5.41, 5.74) is 1.80. The lowest BCUT2D eigenvalue weighted by molar-refractivity contribution is 0.0494. The van der Waals surface area contributed by atoms with Crippen molar-refractivity contribution >= 4 is 5.91 Å². The van der Waals surface area contributed by atoms with Crippen molar-refractivity contribution < 1.29 is 18.8 Å². The predicted molar refractivity (Wildman–Crippen MR) is 90.3 cm³/mol. The molecule has 7 nitrogen and oxygen atoms in total. The van der Waals surface area contributed by atoms with Gasteiger partial charge in [0.15, 0.2) is 5.82 Å². The zero-order valence-corrected chi connectivity index (χ0v) is 14.6. The van der Waals surface area contributed by atoms with Crippen molar-refractivity contribution in [2.75, 3.05) is 33.4 Å². The molecule has 1 fully saturated rings. The summed E-state index contributed by atoms with van der Waals surface area (Å²) in [4.78, 5) is 18.9. The van der Waals surface area contributed by atoms with Crippen LogP contribution in [0.15, 0.2) is 28.8 Å². The third-order valence-corrected chi connectivity index (χ3v) is 4.25. The highest BCUT2D eigenvalue weighted by molar-refractivity contribution is 5.94. The van der Waals surface area contributed by atoms with Gasteiger partial charge in [0.05, 0.1) is 13.2 Å². The Morgan fingerprint density at radius 1 is 1.40 bits per heavy atom. The molecule has 7 heteroatoms. The Morgan fingerprint density at radius 3 is 3.08 bits per heavy atom. The molecule has 0 saturated carbocycles. The number of aryl methyl sites for hydroxylation is 1. The molecule has 1 saturated heterocycles. The maximum atomic E-state index is 12.6. The zero-order chi connectivity index (χ0) is 17.6. The van der Waals surface area contributed by atoms with E-state index in [1.807, 2.05) is 36.1 Å². The number of benzene rings is 1. The highest BCUT2D eigenvalue weighted by Crippen LogP contribution is 2.26. The lowest BCUT2D eigenvalue weighted by atomic mass is 10.1. The summed E-state index contributed by atoms with van der Waals surface area (Å²) in [6.07, 6.45) is 0.834. The monoisotopic (exact) mass is 345 g/mol. The lowest BCUT2D eigenvalue weighted by Crippen LogP contribution is -2.28. The van der Waals surface area contributed by atoms with Crippen LogP contribution < -0.4 is 0 Å². The molecule has 1 aromatic heterocycles. The first kappa shape index (κ1) is 17.6. The molecule has 3 rings (SSSR count). The summed E-state index contributed by atoms with van der Waals surface area (Å²) in [6, 6.07) is 7.66. The average Bonchev–Trinajstić information content (AvgIpc) is 3.27. The van der Waals surface area contributed by atoms with E-state index in [0.29, 0.717) is 38.0 Å². The van der Waals surface area contributed by atoms with Crippen LogP contribution in [0.3, 0.4) is 0 Å². The minimum atomic E-state index is 0.0535. The maximum Gasteiger partial charge on any atom is 0.253 e. The summed E-state index contributed by atoms with van der Waals surface area (Å²) in [7, 11) is 1.62. The Balaban J connectivity index is 1.56. The molecule has 1 unspecified atom stereocenters. The molecule has 0 aliphatic carbocycles. The van der Waals surface area contributed by atoms with Gasteiger partial charge in [-0.25, -0.2) is 0 Å². The lowest BCUT2D eigenvalue weighted by Gasteiger charge is -2.16. The molecule has 0 N–H and O–H groups in total. The first-order chi connectivity index (χ1) is 12.2. The van der Waals surface area contributed by atoms with E-state index in [1.165, 1.54) is 0 Å². The summed E-state index contributed by atoms with van der Waals surface area (Å²) in [5.74, 6) is 1.25. The van der Waals surface area contributed by atoms with Crippen LogP contribution in [0, 0.1) is 6.92 Å². The number of amides is 1. The molecule has 0 radical (unpaired) electrons. The van der Waals surface area contributed by atoms with E-state index >= 15 is 0 Å². The molecule has 0 bridgehead atoms. The number of methoxy groups -OCH3 is 1. The minimum absolute atomic E-state index is 0.0535. The summed E-state index contributed by atoms with van der Waals surface area (Å²) >= 11 is 0. The van der Waals surface area contributed by atoms with Crippen LogP contribution in [0.4, 0.5) is 0 Å². The standard InChI is InChI=1S/C18H23N3O4/c1-13-4-3-5-14(10-13)18(22)21-7-6-15(11-21)17-19-16(25-20-17)12-24-9-8-23-2/h3-5,10,15H,6-9,11-12H2,1-2H3. The van der Waals surface area contributed by atoms with E-state index in [4.69, 9.17) is 14.0 Å². The fourth-order valence-corrected chi connectivity index (χ4v) is 2.91. The van der Waals surface area contributed by atoms with E-state index in [-0.39, 0.29) is 18.4 Å². The van der Waals surface area contributed by atoms with Crippen LogP contribution in [0.25, 0.3) is 0 Å². The highest BCUT2D eigenvalue weighted by atomic mass is 16.5. The van der Waals surface area contributed by atoms with Crippen LogP contribution >= 0.6 is 0 Å². The number of hydrogen-bond donors (Lipinski definition) is 0. The molecule has 1 aliphatic heterocycles. The molecule has 2 heterocycles. The largest absolute Gasteiger partial charge is 0.382 e. The zero-order valence-electron chi connectivity index (χ0n) is 14.6. The van der Waals surface area contributed by atoms with Gasteiger partial charge in [-0.15, -0.1) is 0 Å². The molecule has 134 valence electrons. The Kier molecular flexibility index (Phi) is 5.78. The third kappa shape index (κ3) is 4.43. The van der Waals surface area contributed by atoms with Crippen molar-refractivity contribution in [1.29, 1.82) is 0 Å². The van der Waals surface area contributed by atoms with E-state index in [0.717, 1.165) is 17.5 Å². The van der Waals surface area contributed by atoms with Gasteiger partial charge in [-0.05, 0) is 25.5 Å². The molecule has 25 heavy (non-hydrogen) atoms. The summed E-state index contributed by atoms with van der Waals surface area (Å²) < 4.78 is 15.5. The normalized spacial score (nSPS) is 17.2. The number of ether oxygens (including phenoxy) is 2. The Bertz CT molecular complexity index is 716. The van der Waals surface area contributed by atoms with Gasteiger partial charge in [-0.3, -0.25) is 4.79 Å².